The second kappa shape index (κ2) is 11.5. The Balaban J connectivity index is 1.51. The SMILES string of the molecule is COC(=O)c1coc2c1c(C(c1ccncc1)N1CCN(C)CC1)c(O)c1cc(OCCC3CCCC3)ccc12. The molecule has 2 fully saturated rings. The van der Waals surface area contributed by atoms with E-state index in [1.807, 2.05) is 30.3 Å². The van der Waals surface area contributed by atoms with Gasteiger partial charge in [-0.05, 0) is 55.3 Å². The molecule has 0 bridgehead atoms. The molecule has 1 saturated heterocycles. The summed E-state index contributed by atoms with van der Waals surface area (Å²) in [6.07, 6.45) is 11.2. The molecular formula is C32H37N3O5. The van der Waals surface area contributed by atoms with Crippen LogP contribution in [0, 0.1) is 5.92 Å². The normalized spacial score (nSPS) is 17.9. The number of ether oxygens (including phenoxy) is 2. The number of nitrogens with zero attached hydrogens (tertiary/aromatic N) is 3. The molecular weight excluding hydrogens is 506 g/mol. The molecule has 1 aliphatic carbocycles. The smallest absolute Gasteiger partial charge is 0.341 e. The highest BCUT2D eigenvalue weighted by Gasteiger charge is 2.33. The first-order chi connectivity index (χ1) is 19.5. The van der Waals surface area contributed by atoms with E-state index in [2.05, 4.69) is 21.8 Å². The Morgan fingerprint density at radius 3 is 2.58 bits per heavy atom. The molecule has 8 heteroatoms. The average Bonchev–Trinajstić information content (AvgIpc) is 3.67. The highest BCUT2D eigenvalue weighted by Crippen LogP contribution is 2.47. The first kappa shape index (κ1) is 26.6. The first-order valence-corrected chi connectivity index (χ1v) is 14.3. The first-order valence-electron chi connectivity index (χ1n) is 14.3. The van der Waals surface area contributed by atoms with Crippen LogP contribution in [0.3, 0.4) is 0 Å². The number of phenolic OH excluding ortho intramolecular Hbond substituents is 1. The number of benzene rings is 2. The fraction of sp³-hybridized carbons (Fsp3) is 0.438. The summed E-state index contributed by atoms with van der Waals surface area (Å²) in [5.41, 5.74) is 2.47. The number of fused-ring (bicyclic) bond motifs is 3. The molecule has 2 aromatic heterocycles. The van der Waals surface area contributed by atoms with Gasteiger partial charge in [0.15, 0.2) is 0 Å². The number of esters is 1. The van der Waals surface area contributed by atoms with Gasteiger partial charge in [-0.3, -0.25) is 9.88 Å². The zero-order chi connectivity index (χ0) is 27.6. The minimum atomic E-state index is -0.502. The second-order valence-electron chi connectivity index (χ2n) is 11.1. The number of furan rings is 1. The average molecular weight is 544 g/mol. The van der Waals surface area contributed by atoms with Crippen molar-refractivity contribution in [1.29, 1.82) is 0 Å². The largest absolute Gasteiger partial charge is 0.507 e. The summed E-state index contributed by atoms with van der Waals surface area (Å²) >= 11 is 0. The van der Waals surface area contributed by atoms with Gasteiger partial charge in [-0.15, -0.1) is 0 Å². The van der Waals surface area contributed by atoms with Gasteiger partial charge in [-0.2, -0.15) is 0 Å². The van der Waals surface area contributed by atoms with Gasteiger partial charge in [0.25, 0.3) is 0 Å². The van der Waals surface area contributed by atoms with E-state index >= 15 is 0 Å². The number of likely N-dealkylation sites (N-methyl/N-ethyl adjacent to an activating group) is 1. The maximum absolute atomic E-state index is 12.9. The lowest BCUT2D eigenvalue weighted by Crippen LogP contribution is -2.46. The van der Waals surface area contributed by atoms with E-state index in [0.29, 0.717) is 39.8 Å². The van der Waals surface area contributed by atoms with E-state index in [4.69, 9.17) is 13.9 Å². The molecule has 8 nitrogen and oxygen atoms in total. The van der Waals surface area contributed by atoms with Gasteiger partial charge >= 0.3 is 5.97 Å². The molecule has 0 amide bonds. The zero-order valence-electron chi connectivity index (χ0n) is 23.3. The Labute approximate surface area is 234 Å². The van der Waals surface area contributed by atoms with Crippen LogP contribution >= 0.6 is 0 Å². The van der Waals surface area contributed by atoms with E-state index in [9.17, 15) is 9.90 Å². The number of aromatic nitrogens is 1. The van der Waals surface area contributed by atoms with Crippen LogP contribution in [-0.4, -0.2) is 72.8 Å². The van der Waals surface area contributed by atoms with Gasteiger partial charge in [0.1, 0.15) is 28.9 Å². The van der Waals surface area contributed by atoms with Gasteiger partial charge in [0, 0.05) is 60.3 Å². The lowest BCUT2D eigenvalue weighted by molar-refractivity contribution is 0.0601. The molecule has 6 rings (SSSR count). The zero-order valence-corrected chi connectivity index (χ0v) is 23.3. The van der Waals surface area contributed by atoms with Gasteiger partial charge < -0.3 is 23.9 Å². The summed E-state index contributed by atoms with van der Waals surface area (Å²) in [5.74, 6) is 1.07. The summed E-state index contributed by atoms with van der Waals surface area (Å²) in [6, 6.07) is 9.34. The number of pyridine rings is 1. The number of hydrogen-bond acceptors (Lipinski definition) is 8. The number of rotatable bonds is 8. The summed E-state index contributed by atoms with van der Waals surface area (Å²) < 4.78 is 17.4. The van der Waals surface area contributed by atoms with Crippen LogP contribution in [0.5, 0.6) is 11.5 Å². The molecule has 1 unspecified atom stereocenters. The quantitative estimate of drug-likeness (QED) is 0.280. The fourth-order valence-electron chi connectivity index (χ4n) is 6.45. The third-order valence-corrected chi connectivity index (χ3v) is 8.68. The number of phenols is 1. The van der Waals surface area contributed by atoms with Crippen LogP contribution in [0.25, 0.3) is 21.7 Å². The van der Waals surface area contributed by atoms with E-state index < -0.39 is 5.97 Å². The molecule has 4 aromatic rings. The molecule has 0 radical (unpaired) electrons. The second-order valence-corrected chi connectivity index (χ2v) is 11.1. The van der Waals surface area contributed by atoms with Crippen LogP contribution in [0.1, 0.15) is 59.6 Å². The molecule has 210 valence electrons. The number of hydrogen-bond donors (Lipinski definition) is 1. The van der Waals surface area contributed by atoms with Crippen LogP contribution in [-0.2, 0) is 4.74 Å². The topological polar surface area (TPSA) is 88.3 Å². The van der Waals surface area contributed by atoms with Crippen LogP contribution in [0.15, 0.2) is 53.4 Å². The minimum absolute atomic E-state index is 0.121. The van der Waals surface area contributed by atoms with Crippen molar-refractivity contribution in [3.05, 3.63) is 65.7 Å². The summed E-state index contributed by atoms with van der Waals surface area (Å²) in [6.45, 7) is 4.05. The monoisotopic (exact) mass is 543 g/mol. The maximum atomic E-state index is 12.9. The van der Waals surface area contributed by atoms with Crippen molar-refractivity contribution >= 4 is 27.7 Å². The van der Waals surface area contributed by atoms with Gasteiger partial charge in [-0.1, -0.05) is 25.7 Å². The van der Waals surface area contributed by atoms with Gasteiger partial charge in [-0.25, -0.2) is 4.79 Å². The number of methoxy groups -OCH3 is 1. The Morgan fingerprint density at radius 1 is 1.10 bits per heavy atom. The maximum Gasteiger partial charge on any atom is 0.341 e. The van der Waals surface area contributed by atoms with Crippen molar-refractivity contribution in [3.8, 4) is 11.5 Å². The van der Waals surface area contributed by atoms with E-state index in [-0.39, 0.29) is 11.8 Å². The molecule has 1 saturated carbocycles. The third kappa shape index (κ3) is 5.02. The Bertz CT molecular complexity index is 1490. The van der Waals surface area contributed by atoms with Crippen LogP contribution in [0.4, 0.5) is 0 Å². The number of carbonyl (C=O) groups is 1. The Hall–Kier alpha value is -3.62. The molecule has 1 atom stereocenters. The standard InChI is InChI=1S/C32H37N3O5/c1-34-14-16-35(17-15-34)29(22-9-12-33-13-10-22)28-27-26(32(37)38-2)20-40-31(27)24-8-7-23(19-25(24)30(28)36)39-18-11-21-5-3-4-6-21/h7-10,12-13,19-21,29,36H,3-6,11,14-18H2,1-2H3. The lowest BCUT2D eigenvalue weighted by Gasteiger charge is -2.39. The predicted octanol–water partition coefficient (Wildman–Crippen LogP) is 5.77. The Kier molecular flexibility index (Phi) is 7.63. The third-order valence-electron chi connectivity index (χ3n) is 8.68. The van der Waals surface area contributed by atoms with Crippen LogP contribution in [0.2, 0.25) is 0 Å². The van der Waals surface area contributed by atoms with Crippen molar-refractivity contribution in [2.75, 3.05) is 46.9 Å². The number of carbonyl (C=O) groups excluding carboxylic acids is 1. The van der Waals surface area contributed by atoms with Crippen molar-refractivity contribution in [2.24, 2.45) is 5.92 Å². The molecule has 2 aliphatic rings. The molecule has 2 aromatic carbocycles. The molecule has 3 heterocycles. The van der Waals surface area contributed by atoms with Gasteiger partial charge in [0.2, 0.25) is 0 Å². The summed E-state index contributed by atoms with van der Waals surface area (Å²) in [5, 5.41) is 14.0. The highest BCUT2D eigenvalue weighted by molar-refractivity contribution is 6.16. The summed E-state index contributed by atoms with van der Waals surface area (Å²) in [4.78, 5) is 21.8. The van der Waals surface area contributed by atoms with E-state index in [0.717, 1.165) is 49.5 Å². The van der Waals surface area contributed by atoms with E-state index in [1.165, 1.54) is 39.1 Å². The van der Waals surface area contributed by atoms with Crippen molar-refractivity contribution < 1.29 is 23.8 Å². The molecule has 0 spiro atoms. The predicted molar refractivity (Wildman–Crippen MR) is 154 cm³/mol. The van der Waals surface area contributed by atoms with Crippen molar-refractivity contribution in [1.82, 2.24) is 14.8 Å². The van der Waals surface area contributed by atoms with Crippen molar-refractivity contribution in [3.63, 3.8) is 0 Å². The highest BCUT2D eigenvalue weighted by atomic mass is 16.5. The summed E-state index contributed by atoms with van der Waals surface area (Å²) in [7, 11) is 3.47. The number of piperazine rings is 1. The lowest BCUT2D eigenvalue weighted by atomic mass is 9.89. The minimum Gasteiger partial charge on any atom is -0.507 e. The van der Waals surface area contributed by atoms with Crippen LogP contribution < -0.4 is 4.74 Å². The van der Waals surface area contributed by atoms with E-state index in [1.54, 1.807) is 12.4 Å². The Morgan fingerprint density at radius 2 is 1.85 bits per heavy atom. The molecule has 40 heavy (non-hydrogen) atoms. The van der Waals surface area contributed by atoms with Gasteiger partial charge in [0.05, 0.1) is 19.8 Å². The molecule has 1 aliphatic heterocycles. The number of aromatic hydroxyl groups is 1. The molecule has 1 N–H and O–H groups in total. The van der Waals surface area contributed by atoms with Crippen molar-refractivity contribution in [2.45, 2.75) is 38.1 Å². The fourth-order valence-corrected chi connectivity index (χ4v) is 6.45.